The Hall–Kier alpha value is -0.870. The van der Waals surface area contributed by atoms with Gasteiger partial charge in [-0.1, -0.05) is 41.4 Å². The monoisotopic (exact) mass is 340 g/mol. The average Bonchev–Trinajstić information content (AvgIpc) is 2.38. The third kappa shape index (κ3) is 5.63. The fourth-order valence-electron chi connectivity index (χ4n) is 2.20. The van der Waals surface area contributed by atoms with Gasteiger partial charge in [-0.3, -0.25) is 10.1 Å². The quantitative estimate of drug-likeness (QED) is 0.792. The molecular formula is C16H25BrN2O. The molecule has 3 nitrogen and oxygen atoms in total. The topological polar surface area (TPSA) is 41.1 Å². The Morgan fingerprint density at radius 1 is 1.30 bits per heavy atom. The Morgan fingerprint density at radius 2 is 2.00 bits per heavy atom. The van der Waals surface area contributed by atoms with Crippen LogP contribution in [0.1, 0.15) is 52.1 Å². The fourth-order valence-corrected chi connectivity index (χ4v) is 2.61. The van der Waals surface area contributed by atoms with Crippen LogP contribution in [0, 0.1) is 0 Å². The Labute approximate surface area is 130 Å². The van der Waals surface area contributed by atoms with E-state index in [9.17, 15) is 4.79 Å². The minimum Gasteiger partial charge on any atom is -0.352 e. The van der Waals surface area contributed by atoms with Crippen molar-refractivity contribution in [2.24, 2.45) is 0 Å². The molecule has 1 rings (SSSR count). The third-order valence-corrected chi connectivity index (χ3v) is 3.85. The second-order valence-electron chi connectivity index (χ2n) is 5.36. The van der Waals surface area contributed by atoms with Gasteiger partial charge in [0.1, 0.15) is 0 Å². The molecule has 0 aliphatic rings. The lowest BCUT2D eigenvalue weighted by Crippen LogP contribution is -2.46. The van der Waals surface area contributed by atoms with E-state index >= 15 is 0 Å². The second kappa shape index (κ2) is 8.42. The number of hydrogen-bond donors (Lipinski definition) is 2. The molecule has 0 aliphatic carbocycles. The summed E-state index contributed by atoms with van der Waals surface area (Å²) in [4.78, 5) is 12.1. The first-order valence-corrected chi connectivity index (χ1v) is 8.05. The van der Waals surface area contributed by atoms with Gasteiger partial charge in [0.2, 0.25) is 5.91 Å². The van der Waals surface area contributed by atoms with Crippen molar-refractivity contribution in [1.82, 2.24) is 10.6 Å². The van der Waals surface area contributed by atoms with Crippen LogP contribution in [0.5, 0.6) is 0 Å². The third-order valence-electron chi connectivity index (χ3n) is 3.35. The van der Waals surface area contributed by atoms with Gasteiger partial charge in [0.15, 0.2) is 0 Å². The van der Waals surface area contributed by atoms with Crippen LogP contribution >= 0.6 is 15.9 Å². The van der Waals surface area contributed by atoms with Crippen LogP contribution in [0.3, 0.4) is 0 Å². The maximum atomic E-state index is 12.1. The van der Waals surface area contributed by atoms with Gasteiger partial charge in [0, 0.05) is 16.6 Å². The van der Waals surface area contributed by atoms with Crippen molar-refractivity contribution in [2.75, 3.05) is 0 Å². The van der Waals surface area contributed by atoms with E-state index in [1.54, 1.807) is 0 Å². The summed E-state index contributed by atoms with van der Waals surface area (Å²) in [5.74, 6) is 0.0628. The van der Waals surface area contributed by atoms with E-state index in [0.717, 1.165) is 17.3 Å². The Balaban J connectivity index is 2.52. The number of carbonyl (C=O) groups excluding carboxylic acids is 1. The van der Waals surface area contributed by atoms with Crippen molar-refractivity contribution in [2.45, 2.75) is 58.7 Å². The zero-order valence-corrected chi connectivity index (χ0v) is 14.3. The largest absolute Gasteiger partial charge is 0.352 e. The number of carbonyl (C=O) groups is 1. The Bertz CT molecular complexity index is 436. The van der Waals surface area contributed by atoms with Crippen molar-refractivity contribution in [3.05, 3.63) is 34.3 Å². The standard InChI is InChI=1S/C16H25BrN2O/c1-5-7-11(2)18-16(20)13(4)19-12(3)14-8-6-9-15(17)10-14/h6,8-13,19H,5,7H2,1-4H3,(H,18,20). The summed E-state index contributed by atoms with van der Waals surface area (Å²) < 4.78 is 1.05. The average molecular weight is 341 g/mol. The van der Waals surface area contributed by atoms with Gasteiger partial charge >= 0.3 is 0 Å². The number of nitrogens with one attached hydrogen (secondary N) is 2. The summed E-state index contributed by atoms with van der Waals surface area (Å²) in [7, 11) is 0. The smallest absolute Gasteiger partial charge is 0.237 e. The molecule has 1 aromatic carbocycles. The van der Waals surface area contributed by atoms with E-state index in [-0.39, 0.29) is 24.0 Å². The van der Waals surface area contributed by atoms with Crippen molar-refractivity contribution in [1.29, 1.82) is 0 Å². The lowest BCUT2D eigenvalue weighted by molar-refractivity contribution is -0.123. The molecule has 0 bridgehead atoms. The van der Waals surface area contributed by atoms with Crippen LogP contribution in [0.25, 0.3) is 0 Å². The number of hydrogen-bond acceptors (Lipinski definition) is 2. The molecule has 112 valence electrons. The summed E-state index contributed by atoms with van der Waals surface area (Å²) in [6.45, 7) is 8.15. The predicted octanol–water partition coefficient (Wildman–Crippen LogP) is 3.79. The first kappa shape index (κ1) is 17.2. The van der Waals surface area contributed by atoms with Crippen LogP contribution in [0.4, 0.5) is 0 Å². The zero-order valence-electron chi connectivity index (χ0n) is 12.7. The van der Waals surface area contributed by atoms with E-state index < -0.39 is 0 Å². The molecule has 3 unspecified atom stereocenters. The van der Waals surface area contributed by atoms with Crippen molar-refractivity contribution in [3.63, 3.8) is 0 Å². The lowest BCUT2D eigenvalue weighted by atomic mass is 10.1. The zero-order chi connectivity index (χ0) is 15.1. The predicted molar refractivity (Wildman–Crippen MR) is 87.7 cm³/mol. The number of benzene rings is 1. The van der Waals surface area contributed by atoms with E-state index in [4.69, 9.17) is 0 Å². The number of rotatable bonds is 7. The summed E-state index contributed by atoms with van der Waals surface area (Å²) in [6.07, 6.45) is 2.09. The molecule has 0 saturated carbocycles. The maximum absolute atomic E-state index is 12.1. The van der Waals surface area contributed by atoms with Crippen LogP contribution in [0.15, 0.2) is 28.7 Å². The molecule has 0 radical (unpaired) electrons. The minimum atomic E-state index is -0.205. The molecule has 0 aliphatic heterocycles. The van der Waals surface area contributed by atoms with Crippen molar-refractivity contribution in [3.8, 4) is 0 Å². The highest BCUT2D eigenvalue weighted by Gasteiger charge is 2.17. The molecule has 2 N–H and O–H groups in total. The molecule has 3 atom stereocenters. The van der Waals surface area contributed by atoms with Gasteiger partial charge in [0.25, 0.3) is 0 Å². The molecule has 20 heavy (non-hydrogen) atoms. The highest BCUT2D eigenvalue weighted by Crippen LogP contribution is 2.18. The molecule has 0 saturated heterocycles. The van der Waals surface area contributed by atoms with Crippen LogP contribution in [-0.2, 0) is 4.79 Å². The molecule has 0 aromatic heterocycles. The summed E-state index contributed by atoms with van der Waals surface area (Å²) >= 11 is 3.47. The number of halogens is 1. The van der Waals surface area contributed by atoms with Crippen molar-refractivity contribution >= 4 is 21.8 Å². The molecule has 0 spiro atoms. The van der Waals surface area contributed by atoms with Gasteiger partial charge in [-0.15, -0.1) is 0 Å². The molecular weight excluding hydrogens is 316 g/mol. The normalized spacial score (nSPS) is 15.4. The minimum absolute atomic E-state index is 0.0628. The summed E-state index contributed by atoms with van der Waals surface area (Å²) in [5.41, 5.74) is 1.17. The van der Waals surface area contributed by atoms with Gasteiger partial charge < -0.3 is 5.32 Å². The van der Waals surface area contributed by atoms with Gasteiger partial charge in [-0.05, 0) is 44.9 Å². The number of amides is 1. The van der Waals surface area contributed by atoms with E-state index in [1.807, 2.05) is 26.0 Å². The van der Waals surface area contributed by atoms with Gasteiger partial charge in [-0.2, -0.15) is 0 Å². The first-order valence-electron chi connectivity index (χ1n) is 7.26. The molecule has 0 heterocycles. The SMILES string of the molecule is CCCC(C)NC(=O)C(C)NC(C)c1cccc(Br)c1. The molecule has 4 heteroatoms. The highest BCUT2D eigenvalue weighted by molar-refractivity contribution is 9.10. The van der Waals surface area contributed by atoms with Gasteiger partial charge in [-0.25, -0.2) is 0 Å². The van der Waals surface area contributed by atoms with E-state index in [0.29, 0.717) is 0 Å². The van der Waals surface area contributed by atoms with Crippen molar-refractivity contribution < 1.29 is 4.79 Å². The van der Waals surface area contributed by atoms with Crippen LogP contribution < -0.4 is 10.6 Å². The Kier molecular flexibility index (Phi) is 7.24. The lowest BCUT2D eigenvalue weighted by Gasteiger charge is -2.22. The Morgan fingerprint density at radius 3 is 2.60 bits per heavy atom. The molecule has 1 amide bonds. The summed E-state index contributed by atoms with van der Waals surface area (Å²) in [5, 5.41) is 6.38. The second-order valence-corrected chi connectivity index (χ2v) is 6.28. The molecule has 1 aromatic rings. The van der Waals surface area contributed by atoms with Crippen LogP contribution in [-0.4, -0.2) is 18.0 Å². The summed E-state index contributed by atoms with van der Waals surface area (Å²) in [6, 6.07) is 8.30. The van der Waals surface area contributed by atoms with E-state index in [1.165, 1.54) is 5.56 Å². The first-order chi connectivity index (χ1) is 9.43. The van der Waals surface area contributed by atoms with Crippen LogP contribution in [0.2, 0.25) is 0 Å². The molecule has 0 fully saturated rings. The fraction of sp³-hybridized carbons (Fsp3) is 0.562. The van der Waals surface area contributed by atoms with Gasteiger partial charge in [0.05, 0.1) is 6.04 Å². The maximum Gasteiger partial charge on any atom is 0.237 e. The highest BCUT2D eigenvalue weighted by atomic mass is 79.9. The van der Waals surface area contributed by atoms with E-state index in [2.05, 4.69) is 52.5 Å².